The molecular weight excluding hydrogens is 431 g/mol. The Morgan fingerprint density at radius 3 is 1.73 bits per heavy atom. The quantitative estimate of drug-likeness (QED) is 0.191. The van der Waals surface area contributed by atoms with E-state index in [0.717, 1.165) is 49.7 Å². The summed E-state index contributed by atoms with van der Waals surface area (Å²) in [6.07, 6.45) is 16.1. The fourth-order valence-electron chi connectivity index (χ4n) is 6.03. The van der Waals surface area contributed by atoms with Gasteiger partial charge in [0.2, 0.25) is 0 Å². The Bertz CT molecular complexity index is 727. The van der Waals surface area contributed by atoms with E-state index >= 15 is 0 Å². The monoisotopic (exact) mass is 470 g/mol. The number of hydrogen-bond donors (Lipinski definition) is 0. The van der Waals surface area contributed by atoms with E-state index < -0.39 is 23.4 Å². The predicted octanol–water partition coefficient (Wildman–Crippen LogP) is 9.98. The lowest BCUT2D eigenvalue weighted by molar-refractivity contribution is -0.142. The number of allylic oxidation sites excluding steroid dienone is 2. The predicted molar refractivity (Wildman–Crippen MR) is 124 cm³/mol. The molecule has 0 radical (unpaired) electrons. The van der Waals surface area contributed by atoms with Crippen molar-refractivity contribution in [3.05, 3.63) is 47.0 Å². The molecule has 2 saturated carbocycles. The molecule has 0 spiro atoms. The van der Waals surface area contributed by atoms with E-state index in [1.165, 1.54) is 64.2 Å². The maximum absolute atomic E-state index is 13.9. The molecule has 5 heteroatoms. The molecule has 0 nitrogen and oxygen atoms in total. The second kappa shape index (κ2) is 12.4. The average molecular weight is 471 g/mol. The van der Waals surface area contributed by atoms with Crippen LogP contribution in [0.15, 0.2) is 24.3 Å². The van der Waals surface area contributed by atoms with Crippen LogP contribution in [0.5, 0.6) is 0 Å². The van der Waals surface area contributed by atoms with Crippen LogP contribution in [0.4, 0.5) is 22.0 Å². The lowest BCUT2D eigenvalue weighted by Gasteiger charge is -2.32. The highest BCUT2D eigenvalue weighted by atomic mass is 19.4. The van der Waals surface area contributed by atoms with Crippen molar-refractivity contribution in [2.24, 2.45) is 17.8 Å². The summed E-state index contributed by atoms with van der Waals surface area (Å²) in [7, 11) is 0. The minimum atomic E-state index is -5.00. The molecule has 0 aromatic heterocycles. The Morgan fingerprint density at radius 1 is 0.758 bits per heavy atom. The zero-order valence-electron chi connectivity index (χ0n) is 19.9. The number of unbranched alkanes of at least 4 members (excludes halogenated alkanes) is 2. The number of halogens is 5. The van der Waals surface area contributed by atoms with Crippen LogP contribution in [0, 0.1) is 29.4 Å². The van der Waals surface area contributed by atoms with E-state index in [1.807, 2.05) is 0 Å². The Kier molecular flexibility index (Phi) is 9.81. The summed E-state index contributed by atoms with van der Waals surface area (Å²) in [5.74, 6) is -0.654. The van der Waals surface area contributed by atoms with Gasteiger partial charge in [-0.1, -0.05) is 63.5 Å². The Hall–Kier alpha value is -1.39. The summed E-state index contributed by atoms with van der Waals surface area (Å²) in [6.45, 7) is 2.08. The third-order valence-electron chi connectivity index (χ3n) is 8.08. The van der Waals surface area contributed by atoms with Crippen LogP contribution >= 0.6 is 0 Å². The Labute approximate surface area is 196 Å². The molecule has 2 aliphatic carbocycles. The minimum absolute atomic E-state index is 0.0456. The topological polar surface area (TPSA) is 0 Å². The van der Waals surface area contributed by atoms with Crippen LogP contribution in [0.1, 0.15) is 114 Å². The van der Waals surface area contributed by atoms with Gasteiger partial charge in [0.05, 0.1) is 0 Å². The normalized spacial score (nSPS) is 26.7. The highest BCUT2D eigenvalue weighted by Gasteiger charge is 2.38. The van der Waals surface area contributed by atoms with Gasteiger partial charge in [-0.2, -0.15) is 13.2 Å². The average Bonchev–Trinajstić information content (AvgIpc) is 2.77. The van der Waals surface area contributed by atoms with Crippen molar-refractivity contribution in [3.63, 3.8) is 0 Å². The van der Waals surface area contributed by atoms with Gasteiger partial charge in [0.15, 0.2) is 0 Å². The van der Waals surface area contributed by atoms with Crippen molar-refractivity contribution in [1.29, 1.82) is 0 Å². The third-order valence-corrected chi connectivity index (χ3v) is 8.08. The molecule has 33 heavy (non-hydrogen) atoms. The van der Waals surface area contributed by atoms with E-state index in [9.17, 15) is 22.0 Å². The molecule has 2 aliphatic rings. The molecule has 1 aromatic rings. The minimum Gasteiger partial charge on any atom is -0.206 e. The van der Waals surface area contributed by atoms with Crippen LogP contribution in [-0.4, -0.2) is 0 Å². The molecule has 2 fully saturated rings. The van der Waals surface area contributed by atoms with Gasteiger partial charge in [0.1, 0.15) is 17.2 Å². The van der Waals surface area contributed by atoms with Crippen LogP contribution < -0.4 is 0 Å². The Balaban J connectivity index is 1.36. The SMILES string of the molecule is C/C=C/CCCC[C@H]1CC[C@H](CC[C@H]2CC[C@H](c3cc(F)c(C(F)(F)F)c(F)c3)CC2)CC1. The molecular formula is C28H39F5. The standard InChI is InChI=1S/C28H39F5/c1-2-3-4-5-6-7-20-8-10-21(11-9-20)12-13-22-14-16-23(17-15-22)24-18-25(29)27(26(30)19-24)28(31,32)33/h2-3,18-23H,4-17H2,1H3/b3-2+/t20-,21-,22-,23-. The summed E-state index contributed by atoms with van der Waals surface area (Å²) in [5.41, 5.74) is -1.40. The van der Waals surface area contributed by atoms with Crippen molar-refractivity contribution in [3.8, 4) is 0 Å². The lowest BCUT2D eigenvalue weighted by Crippen LogP contribution is -2.18. The molecule has 0 unspecified atom stereocenters. The highest BCUT2D eigenvalue weighted by molar-refractivity contribution is 5.30. The van der Waals surface area contributed by atoms with Crippen LogP contribution in [0.2, 0.25) is 0 Å². The van der Waals surface area contributed by atoms with Gasteiger partial charge in [-0.15, -0.1) is 0 Å². The van der Waals surface area contributed by atoms with Crippen LogP contribution in [0.3, 0.4) is 0 Å². The Morgan fingerprint density at radius 2 is 1.24 bits per heavy atom. The third kappa shape index (κ3) is 7.82. The van der Waals surface area contributed by atoms with Crippen LogP contribution in [0.25, 0.3) is 0 Å². The van der Waals surface area contributed by atoms with Gasteiger partial charge in [0, 0.05) is 0 Å². The van der Waals surface area contributed by atoms with Gasteiger partial charge in [-0.05, 0) is 86.8 Å². The highest BCUT2D eigenvalue weighted by Crippen LogP contribution is 2.42. The molecule has 0 aliphatic heterocycles. The molecule has 0 atom stereocenters. The second-order valence-electron chi connectivity index (χ2n) is 10.4. The van der Waals surface area contributed by atoms with Crippen molar-refractivity contribution >= 4 is 0 Å². The summed E-state index contributed by atoms with van der Waals surface area (Å²) < 4.78 is 66.3. The zero-order chi connectivity index (χ0) is 23.8. The van der Waals surface area contributed by atoms with Gasteiger partial charge in [-0.3, -0.25) is 0 Å². The van der Waals surface area contributed by atoms with E-state index in [1.54, 1.807) is 0 Å². The maximum atomic E-state index is 13.9. The molecule has 0 N–H and O–H groups in total. The molecule has 186 valence electrons. The van der Waals surface area contributed by atoms with Crippen molar-refractivity contribution in [2.75, 3.05) is 0 Å². The number of rotatable bonds is 9. The van der Waals surface area contributed by atoms with Gasteiger partial charge < -0.3 is 0 Å². The summed E-state index contributed by atoms with van der Waals surface area (Å²) in [4.78, 5) is 0. The summed E-state index contributed by atoms with van der Waals surface area (Å²) >= 11 is 0. The molecule has 0 bridgehead atoms. The van der Waals surface area contributed by atoms with E-state index in [-0.39, 0.29) is 5.92 Å². The largest absolute Gasteiger partial charge is 0.422 e. The first-order valence-corrected chi connectivity index (χ1v) is 12.9. The van der Waals surface area contributed by atoms with Crippen molar-refractivity contribution in [2.45, 2.75) is 109 Å². The zero-order valence-corrected chi connectivity index (χ0v) is 19.9. The summed E-state index contributed by atoms with van der Waals surface area (Å²) in [6, 6.07) is 1.80. The lowest BCUT2D eigenvalue weighted by atomic mass is 9.74. The smallest absolute Gasteiger partial charge is 0.206 e. The van der Waals surface area contributed by atoms with Crippen LogP contribution in [-0.2, 0) is 6.18 Å². The maximum Gasteiger partial charge on any atom is 0.422 e. The fourth-order valence-corrected chi connectivity index (χ4v) is 6.03. The molecule has 0 heterocycles. The first-order valence-electron chi connectivity index (χ1n) is 12.9. The molecule has 3 rings (SSSR count). The molecule has 1 aromatic carbocycles. The van der Waals surface area contributed by atoms with Gasteiger partial charge in [-0.25, -0.2) is 8.78 Å². The van der Waals surface area contributed by atoms with Gasteiger partial charge in [0.25, 0.3) is 0 Å². The summed E-state index contributed by atoms with van der Waals surface area (Å²) in [5, 5.41) is 0. The number of alkyl halides is 3. The number of hydrogen-bond acceptors (Lipinski definition) is 0. The van der Waals surface area contributed by atoms with Crippen molar-refractivity contribution < 1.29 is 22.0 Å². The van der Waals surface area contributed by atoms with E-state index in [2.05, 4.69) is 19.1 Å². The van der Waals surface area contributed by atoms with Crippen molar-refractivity contribution in [1.82, 2.24) is 0 Å². The first kappa shape index (κ1) is 26.2. The first-order chi connectivity index (χ1) is 15.8. The molecule has 0 amide bonds. The fraction of sp³-hybridized carbons (Fsp3) is 0.714. The number of benzene rings is 1. The molecule has 0 saturated heterocycles. The van der Waals surface area contributed by atoms with Gasteiger partial charge >= 0.3 is 6.18 Å². The van der Waals surface area contributed by atoms with E-state index in [0.29, 0.717) is 11.5 Å². The van der Waals surface area contributed by atoms with E-state index in [4.69, 9.17) is 0 Å². The second-order valence-corrected chi connectivity index (χ2v) is 10.4.